The second-order valence-corrected chi connectivity index (χ2v) is 2.20. The summed E-state index contributed by atoms with van der Waals surface area (Å²) in [4.78, 5) is 11.6. The van der Waals surface area contributed by atoms with Crippen molar-refractivity contribution in [2.75, 3.05) is 13.6 Å². The SMILES string of the molecule is CN1CC[CH]C1[N+](=O)[O-]. The van der Waals surface area contributed by atoms with Crippen molar-refractivity contribution in [2.24, 2.45) is 0 Å². The van der Waals surface area contributed by atoms with Crippen LogP contribution in [0.3, 0.4) is 0 Å². The Hall–Kier alpha value is -0.640. The topological polar surface area (TPSA) is 46.4 Å². The van der Waals surface area contributed by atoms with E-state index < -0.39 is 6.17 Å². The van der Waals surface area contributed by atoms with Gasteiger partial charge in [-0.25, -0.2) is 4.90 Å². The Morgan fingerprint density at radius 2 is 2.56 bits per heavy atom. The maximum atomic E-state index is 10.1. The molecule has 1 aliphatic heterocycles. The lowest BCUT2D eigenvalue weighted by atomic mass is 10.3. The molecular weight excluding hydrogens is 120 g/mol. The van der Waals surface area contributed by atoms with Crippen molar-refractivity contribution >= 4 is 0 Å². The molecule has 0 saturated carbocycles. The molecule has 9 heavy (non-hydrogen) atoms. The number of rotatable bonds is 1. The Morgan fingerprint density at radius 1 is 1.89 bits per heavy atom. The Bertz CT molecular complexity index is 126. The van der Waals surface area contributed by atoms with Crippen LogP contribution in [0.2, 0.25) is 0 Å². The standard InChI is InChI=1S/C5H9N2O2/c1-6-4-2-3-5(6)7(8)9/h3,5H,2,4H2,1H3. The normalized spacial score (nSPS) is 28.8. The smallest absolute Gasteiger partial charge is 0.263 e. The summed E-state index contributed by atoms with van der Waals surface area (Å²) >= 11 is 0. The van der Waals surface area contributed by atoms with Gasteiger partial charge in [0.25, 0.3) is 6.17 Å². The fraction of sp³-hybridized carbons (Fsp3) is 0.800. The van der Waals surface area contributed by atoms with Crippen LogP contribution in [-0.4, -0.2) is 29.6 Å². The minimum atomic E-state index is -0.537. The molecule has 0 aliphatic carbocycles. The Kier molecular flexibility index (Phi) is 1.66. The molecule has 1 saturated heterocycles. The first-order valence-corrected chi connectivity index (χ1v) is 2.89. The van der Waals surface area contributed by atoms with Gasteiger partial charge in [-0.15, -0.1) is 0 Å². The van der Waals surface area contributed by atoms with Gasteiger partial charge in [-0.1, -0.05) is 0 Å². The number of nitrogens with zero attached hydrogens (tertiary/aromatic N) is 2. The zero-order valence-electron chi connectivity index (χ0n) is 5.28. The van der Waals surface area contributed by atoms with Crippen LogP contribution < -0.4 is 0 Å². The van der Waals surface area contributed by atoms with Gasteiger partial charge >= 0.3 is 0 Å². The van der Waals surface area contributed by atoms with E-state index in [1.807, 2.05) is 0 Å². The van der Waals surface area contributed by atoms with Gasteiger partial charge < -0.3 is 0 Å². The quantitative estimate of drug-likeness (QED) is 0.373. The first-order chi connectivity index (χ1) is 4.22. The maximum absolute atomic E-state index is 10.1. The van der Waals surface area contributed by atoms with Crippen molar-refractivity contribution in [2.45, 2.75) is 12.6 Å². The van der Waals surface area contributed by atoms with E-state index in [1.54, 1.807) is 18.4 Å². The van der Waals surface area contributed by atoms with E-state index in [0.717, 1.165) is 13.0 Å². The predicted molar refractivity (Wildman–Crippen MR) is 32.3 cm³/mol. The molecule has 0 aromatic heterocycles. The highest BCUT2D eigenvalue weighted by molar-refractivity contribution is 4.83. The molecule has 51 valence electrons. The highest BCUT2D eigenvalue weighted by Gasteiger charge is 2.30. The monoisotopic (exact) mass is 129 g/mol. The van der Waals surface area contributed by atoms with Crippen LogP contribution >= 0.6 is 0 Å². The van der Waals surface area contributed by atoms with Crippen molar-refractivity contribution in [3.05, 3.63) is 16.5 Å². The van der Waals surface area contributed by atoms with Crippen LogP contribution in [0.1, 0.15) is 6.42 Å². The van der Waals surface area contributed by atoms with Gasteiger partial charge in [0.15, 0.2) is 0 Å². The lowest BCUT2D eigenvalue weighted by Crippen LogP contribution is -2.32. The molecule has 1 rings (SSSR count). The fourth-order valence-electron chi connectivity index (χ4n) is 0.986. The highest BCUT2D eigenvalue weighted by atomic mass is 16.6. The molecule has 1 aliphatic rings. The molecule has 4 heteroatoms. The molecule has 1 fully saturated rings. The third-order valence-electron chi connectivity index (χ3n) is 1.53. The van der Waals surface area contributed by atoms with Crippen LogP contribution in [-0.2, 0) is 0 Å². The largest absolute Gasteiger partial charge is 0.271 e. The van der Waals surface area contributed by atoms with Crippen LogP contribution in [0.4, 0.5) is 0 Å². The summed E-state index contributed by atoms with van der Waals surface area (Å²) in [5.74, 6) is 0. The predicted octanol–water partition coefficient (Wildman–Crippen LogP) is 0.129. The van der Waals surface area contributed by atoms with Gasteiger partial charge in [0.2, 0.25) is 0 Å². The molecule has 0 amide bonds. The van der Waals surface area contributed by atoms with Crippen molar-refractivity contribution < 1.29 is 4.92 Å². The molecule has 1 radical (unpaired) electrons. The summed E-state index contributed by atoms with van der Waals surface area (Å²) in [6.07, 6.45) is 2.02. The van der Waals surface area contributed by atoms with Gasteiger partial charge in [0.1, 0.15) is 0 Å². The van der Waals surface area contributed by atoms with Gasteiger partial charge in [-0.3, -0.25) is 10.1 Å². The summed E-state index contributed by atoms with van der Waals surface area (Å²) in [6.45, 7) is 0.811. The average molecular weight is 129 g/mol. The Morgan fingerprint density at radius 3 is 2.78 bits per heavy atom. The van der Waals surface area contributed by atoms with Crippen LogP contribution in [0.15, 0.2) is 0 Å². The van der Waals surface area contributed by atoms with E-state index >= 15 is 0 Å². The van der Waals surface area contributed by atoms with Crippen LogP contribution in [0.5, 0.6) is 0 Å². The van der Waals surface area contributed by atoms with E-state index in [4.69, 9.17) is 0 Å². The van der Waals surface area contributed by atoms with E-state index in [0.29, 0.717) is 0 Å². The molecule has 1 atom stereocenters. The van der Waals surface area contributed by atoms with E-state index in [-0.39, 0.29) is 4.92 Å². The van der Waals surface area contributed by atoms with E-state index in [9.17, 15) is 10.1 Å². The number of likely N-dealkylation sites (tertiary alicyclic amines) is 1. The molecule has 0 spiro atoms. The van der Waals surface area contributed by atoms with Crippen LogP contribution in [0.25, 0.3) is 0 Å². The molecule has 0 aromatic rings. The molecule has 1 heterocycles. The molecular formula is C5H9N2O2. The van der Waals surface area contributed by atoms with Gasteiger partial charge in [-0.05, 0) is 13.5 Å². The third-order valence-corrected chi connectivity index (χ3v) is 1.53. The molecule has 1 unspecified atom stereocenters. The van der Waals surface area contributed by atoms with Crippen LogP contribution in [0, 0.1) is 16.5 Å². The first-order valence-electron chi connectivity index (χ1n) is 2.89. The Balaban J connectivity index is 2.49. The average Bonchev–Trinajstić information content (AvgIpc) is 2.13. The third kappa shape index (κ3) is 1.18. The highest BCUT2D eigenvalue weighted by Crippen LogP contribution is 2.12. The molecule has 0 N–H and O–H groups in total. The van der Waals surface area contributed by atoms with E-state index in [1.165, 1.54) is 0 Å². The lowest BCUT2D eigenvalue weighted by Gasteiger charge is -2.09. The summed E-state index contributed by atoms with van der Waals surface area (Å²) in [5, 5.41) is 10.1. The number of hydrogen-bond donors (Lipinski definition) is 0. The number of hydrogen-bond acceptors (Lipinski definition) is 3. The van der Waals surface area contributed by atoms with Gasteiger partial charge in [0.05, 0.1) is 6.42 Å². The zero-order valence-corrected chi connectivity index (χ0v) is 5.28. The lowest BCUT2D eigenvalue weighted by molar-refractivity contribution is -0.535. The van der Waals surface area contributed by atoms with Crippen molar-refractivity contribution in [3.63, 3.8) is 0 Å². The van der Waals surface area contributed by atoms with E-state index in [2.05, 4.69) is 0 Å². The Labute approximate surface area is 53.6 Å². The summed E-state index contributed by atoms with van der Waals surface area (Å²) in [5.41, 5.74) is 0. The summed E-state index contributed by atoms with van der Waals surface area (Å²) < 4.78 is 0. The van der Waals surface area contributed by atoms with Gasteiger partial charge in [-0.2, -0.15) is 0 Å². The second-order valence-electron chi connectivity index (χ2n) is 2.20. The fourth-order valence-corrected chi connectivity index (χ4v) is 0.986. The van der Waals surface area contributed by atoms with Crippen molar-refractivity contribution in [1.82, 2.24) is 4.90 Å². The minimum Gasteiger partial charge on any atom is -0.263 e. The number of nitro groups is 1. The second kappa shape index (κ2) is 2.31. The minimum absolute atomic E-state index is 0.271. The first kappa shape index (κ1) is 6.48. The summed E-state index contributed by atoms with van der Waals surface area (Å²) in [6, 6.07) is 0. The maximum Gasteiger partial charge on any atom is 0.271 e. The summed E-state index contributed by atoms with van der Waals surface area (Å²) in [7, 11) is 1.76. The van der Waals surface area contributed by atoms with Gasteiger partial charge in [0, 0.05) is 11.5 Å². The molecule has 4 nitrogen and oxygen atoms in total. The van der Waals surface area contributed by atoms with Crippen molar-refractivity contribution in [1.29, 1.82) is 0 Å². The van der Waals surface area contributed by atoms with Crippen molar-refractivity contribution in [3.8, 4) is 0 Å². The zero-order chi connectivity index (χ0) is 6.85. The molecule has 0 aromatic carbocycles. The molecule has 0 bridgehead atoms.